The van der Waals surface area contributed by atoms with Crippen LogP contribution < -0.4 is 9.64 Å². The van der Waals surface area contributed by atoms with Crippen LogP contribution in [0.2, 0.25) is 0 Å². The monoisotopic (exact) mass is 502 g/mol. The molecule has 3 aromatic heterocycles. The molecule has 0 bridgehead atoms. The second-order valence-corrected chi connectivity index (χ2v) is 9.32. The quantitative estimate of drug-likeness (QED) is 0.381. The molecule has 1 aliphatic heterocycles. The van der Waals surface area contributed by atoms with Gasteiger partial charge in [0.05, 0.1) is 25.1 Å². The Morgan fingerprint density at radius 1 is 1.19 bits per heavy atom. The molecule has 10 heteroatoms. The summed E-state index contributed by atoms with van der Waals surface area (Å²) in [5, 5.41) is 23.0. The number of carbonyl (C=O) groups is 1. The molecule has 0 radical (unpaired) electrons. The normalized spacial score (nSPS) is 13.4. The van der Waals surface area contributed by atoms with Gasteiger partial charge in [-0.2, -0.15) is 5.26 Å². The number of morpholine rings is 1. The number of ether oxygens (including phenoxy) is 2. The number of carboxylic acid groups (broad SMARTS) is 1. The van der Waals surface area contributed by atoms with E-state index in [9.17, 15) is 15.2 Å². The third kappa shape index (κ3) is 4.79. The molecule has 9 nitrogen and oxygen atoms in total. The van der Waals surface area contributed by atoms with E-state index in [-0.39, 0.29) is 22.9 Å². The number of anilines is 1. The highest BCUT2D eigenvalue weighted by Crippen LogP contribution is 2.36. The van der Waals surface area contributed by atoms with Crippen LogP contribution in [0, 0.1) is 18.3 Å². The van der Waals surface area contributed by atoms with Gasteiger partial charge in [-0.25, -0.2) is 9.78 Å². The molecule has 4 heterocycles. The summed E-state index contributed by atoms with van der Waals surface area (Å²) in [4.78, 5) is 19.1. The lowest BCUT2D eigenvalue weighted by Crippen LogP contribution is -2.36. The van der Waals surface area contributed by atoms with Crippen molar-refractivity contribution >= 4 is 23.0 Å². The predicted octanol–water partition coefficient (Wildman–Crippen LogP) is 4.76. The van der Waals surface area contributed by atoms with E-state index in [1.54, 1.807) is 19.2 Å². The SMILES string of the molecule is Cc1oncc1-c1cc(-c2ccc(N3CCOCC3)cc2)nc(OCc2ccc(C(=O)O)s2)c1C#N. The number of pyridine rings is 1. The van der Waals surface area contributed by atoms with E-state index < -0.39 is 5.97 Å². The Labute approximate surface area is 211 Å². The minimum atomic E-state index is -0.991. The number of thiophene rings is 1. The zero-order valence-corrected chi connectivity index (χ0v) is 20.2. The Kier molecular flexibility index (Phi) is 6.66. The largest absolute Gasteiger partial charge is 0.477 e. The highest BCUT2D eigenvalue weighted by atomic mass is 32.1. The van der Waals surface area contributed by atoms with Gasteiger partial charge < -0.3 is 24.0 Å². The summed E-state index contributed by atoms with van der Waals surface area (Å²) in [6, 6.07) is 15.3. The van der Waals surface area contributed by atoms with Crippen molar-refractivity contribution in [3.63, 3.8) is 0 Å². The molecule has 0 atom stereocenters. The smallest absolute Gasteiger partial charge is 0.345 e. The van der Waals surface area contributed by atoms with Gasteiger partial charge in [0.2, 0.25) is 5.88 Å². The first-order chi connectivity index (χ1) is 17.5. The number of aryl methyl sites for hydroxylation is 1. The maximum Gasteiger partial charge on any atom is 0.345 e. The lowest BCUT2D eigenvalue weighted by atomic mass is 9.99. The zero-order chi connectivity index (χ0) is 25.1. The molecule has 1 N–H and O–H groups in total. The Balaban J connectivity index is 1.51. The third-order valence-corrected chi connectivity index (χ3v) is 6.95. The lowest BCUT2D eigenvalue weighted by molar-refractivity contribution is 0.0702. The first-order valence-electron chi connectivity index (χ1n) is 11.3. The summed E-state index contributed by atoms with van der Waals surface area (Å²) in [5.41, 5.74) is 4.13. The Morgan fingerprint density at radius 2 is 1.97 bits per heavy atom. The highest BCUT2D eigenvalue weighted by molar-refractivity contribution is 7.13. The van der Waals surface area contributed by atoms with Crippen molar-refractivity contribution in [3.8, 4) is 34.3 Å². The molecule has 1 aromatic carbocycles. The van der Waals surface area contributed by atoms with Crippen molar-refractivity contribution in [3.05, 3.63) is 69.7 Å². The molecule has 0 unspecified atom stereocenters. The van der Waals surface area contributed by atoms with E-state index in [1.165, 1.54) is 6.07 Å². The number of carboxylic acids is 1. The second-order valence-electron chi connectivity index (χ2n) is 8.15. The van der Waals surface area contributed by atoms with Crippen LogP contribution in [0.5, 0.6) is 5.88 Å². The van der Waals surface area contributed by atoms with E-state index in [0.29, 0.717) is 40.7 Å². The van der Waals surface area contributed by atoms with Gasteiger partial charge in [-0.1, -0.05) is 17.3 Å². The molecular formula is C26H22N4O5S. The van der Waals surface area contributed by atoms with Crippen LogP contribution in [0.15, 0.2) is 53.2 Å². The Bertz CT molecular complexity index is 1430. The van der Waals surface area contributed by atoms with Crippen molar-refractivity contribution in [1.82, 2.24) is 10.1 Å². The van der Waals surface area contributed by atoms with E-state index in [4.69, 9.17) is 14.0 Å². The fraction of sp³-hybridized carbons (Fsp3) is 0.231. The van der Waals surface area contributed by atoms with Crippen LogP contribution in [-0.2, 0) is 11.3 Å². The summed E-state index contributed by atoms with van der Waals surface area (Å²) in [5.74, 6) is -0.260. The number of aromatic carboxylic acids is 1. The maximum atomic E-state index is 11.2. The van der Waals surface area contributed by atoms with E-state index in [1.807, 2.05) is 30.3 Å². The third-order valence-electron chi connectivity index (χ3n) is 5.90. The first-order valence-corrected chi connectivity index (χ1v) is 12.1. The Hall–Kier alpha value is -4.20. The summed E-state index contributed by atoms with van der Waals surface area (Å²) >= 11 is 1.12. The molecule has 0 saturated carbocycles. The van der Waals surface area contributed by atoms with Crippen LogP contribution >= 0.6 is 11.3 Å². The topological polar surface area (TPSA) is 122 Å². The van der Waals surface area contributed by atoms with Crippen LogP contribution in [0.4, 0.5) is 5.69 Å². The number of nitrogens with zero attached hydrogens (tertiary/aromatic N) is 4. The fourth-order valence-electron chi connectivity index (χ4n) is 4.03. The summed E-state index contributed by atoms with van der Waals surface area (Å²) in [6.45, 7) is 4.96. The molecule has 1 fully saturated rings. The van der Waals surface area contributed by atoms with Crippen LogP contribution in [-0.4, -0.2) is 47.5 Å². The number of nitriles is 1. The minimum Gasteiger partial charge on any atom is -0.477 e. The molecule has 0 aliphatic carbocycles. The fourth-order valence-corrected chi connectivity index (χ4v) is 4.79. The van der Waals surface area contributed by atoms with Gasteiger partial charge in [0.15, 0.2) is 0 Å². The molecule has 0 amide bonds. The van der Waals surface area contributed by atoms with E-state index in [0.717, 1.165) is 35.7 Å². The van der Waals surface area contributed by atoms with Gasteiger partial charge in [-0.05, 0) is 37.3 Å². The molecular weight excluding hydrogens is 480 g/mol. The van der Waals surface area contributed by atoms with Crippen LogP contribution in [0.3, 0.4) is 0 Å². The van der Waals surface area contributed by atoms with Crippen molar-refractivity contribution in [2.45, 2.75) is 13.5 Å². The van der Waals surface area contributed by atoms with Gasteiger partial charge in [-0.3, -0.25) is 0 Å². The predicted molar refractivity (Wildman–Crippen MR) is 133 cm³/mol. The zero-order valence-electron chi connectivity index (χ0n) is 19.4. The number of hydrogen-bond donors (Lipinski definition) is 1. The number of hydrogen-bond acceptors (Lipinski definition) is 9. The van der Waals surface area contributed by atoms with Crippen molar-refractivity contribution < 1.29 is 23.9 Å². The molecule has 182 valence electrons. The van der Waals surface area contributed by atoms with Gasteiger partial charge in [-0.15, -0.1) is 11.3 Å². The van der Waals surface area contributed by atoms with Gasteiger partial charge in [0.1, 0.15) is 28.9 Å². The molecule has 4 aromatic rings. The standard InChI is InChI=1S/C26H22N4O5S/c1-16-22(14-28-35-16)20-12-23(17-2-4-18(5-3-17)30-8-10-33-11-9-30)29-25(21(20)13-27)34-15-19-6-7-24(36-19)26(31)32/h2-7,12,14H,8-11,15H2,1H3,(H,31,32). The van der Waals surface area contributed by atoms with Crippen molar-refractivity contribution in [1.29, 1.82) is 5.26 Å². The summed E-state index contributed by atoms with van der Waals surface area (Å²) in [7, 11) is 0. The molecule has 5 rings (SSSR count). The van der Waals surface area contributed by atoms with Crippen LogP contribution in [0.1, 0.15) is 25.9 Å². The first kappa shape index (κ1) is 23.5. The van der Waals surface area contributed by atoms with Crippen molar-refractivity contribution in [2.75, 3.05) is 31.2 Å². The molecule has 1 aliphatic rings. The van der Waals surface area contributed by atoms with Crippen LogP contribution in [0.25, 0.3) is 22.4 Å². The van der Waals surface area contributed by atoms with E-state index in [2.05, 4.69) is 21.1 Å². The molecule has 0 spiro atoms. The van der Waals surface area contributed by atoms with Gasteiger partial charge >= 0.3 is 5.97 Å². The average molecular weight is 503 g/mol. The minimum absolute atomic E-state index is 0.0844. The summed E-state index contributed by atoms with van der Waals surface area (Å²) in [6.07, 6.45) is 1.57. The summed E-state index contributed by atoms with van der Waals surface area (Å²) < 4.78 is 16.7. The lowest BCUT2D eigenvalue weighted by Gasteiger charge is -2.28. The molecule has 36 heavy (non-hydrogen) atoms. The Morgan fingerprint density at radius 3 is 2.61 bits per heavy atom. The average Bonchev–Trinajstić information content (AvgIpc) is 3.57. The van der Waals surface area contributed by atoms with Gasteiger partial charge in [0, 0.05) is 40.3 Å². The maximum absolute atomic E-state index is 11.2. The number of aromatic nitrogens is 2. The number of benzene rings is 1. The molecule has 1 saturated heterocycles. The highest BCUT2D eigenvalue weighted by Gasteiger charge is 2.20. The van der Waals surface area contributed by atoms with E-state index >= 15 is 0 Å². The number of rotatable bonds is 7. The van der Waals surface area contributed by atoms with Gasteiger partial charge in [0.25, 0.3) is 0 Å². The second kappa shape index (κ2) is 10.2. The van der Waals surface area contributed by atoms with Crippen molar-refractivity contribution in [2.24, 2.45) is 0 Å².